The molecule has 3 saturated heterocycles. The summed E-state index contributed by atoms with van der Waals surface area (Å²) in [5.74, 6) is 0.239. The molecule has 0 bridgehead atoms. The fourth-order valence-electron chi connectivity index (χ4n) is 7.00. The topological polar surface area (TPSA) is 94.2 Å². The maximum atomic E-state index is 13.4. The van der Waals surface area contributed by atoms with E-state index in [1.807, 2.05) is 12.1 Å². The third-order valence-corrected chi connectivity index (χ3v) is 9.51. The number of morpholine rings is 1. The standard InChI is InChI=1S/C35H48FN5O4/c1-25(42)29-19-30(26(2)43)21-33(20-29)37-35(44)38-34-9-11-40(13-12-39-14-16-45-17-15-39)23-31(34)24-41-10-3-4-28(22-41)18-27-5-7-32(36)8-6-27/h5-8,19-21,28,31,34H,3-4,9-18,22-24H2,1-2H3,(H2,37,38,44)/t28?,31-,34+/m0/s1. The first-order chi connectivity index (χ1) is 21.7. The smallest absolute Gasteiger partial charge is 0.319 e. The van der Waals surface area contributed by atoms with Gasteiger partial charge in [-0.1, -0.05) is 12.1 Å². The van der Waals surface area contributed by atoms with Gasteiger partial charge in [0.1, 0.15) is 5.82 Å². The van der Waals surface area contributed by atoms with Crippen LogP contribution in [-0.2, 0) is 11.2 Å². The Bertz CT molecular complexity index is 1280. The lowest BCUT2D eigenvalue weighted by molar-refractivity contribution is 0.0274. The van der Waals surface area contributed by atoms with Gasteiger partial charge >= 0.3 is 6.03 Å². The van der Waals surface area contributed by atoms with E-state index in [-0.39, 0.29) is 35.4 Å². The number of ether oxygens (including phenoxy) is 1. The van der Waals surface area contributed by atoms with E-state index in [0.29, 0.717) is 22.7 Å². The number of Topliss-reactive ketones (excluding diaryl/α,β-unsaturated/α-hetero) is 2. The Labute approximate surface area is 266 Å². The Morgan fingerprint density at radius 1 is 0.844 bits per heavy atom. The van der Waals surface area contributed by atoms with Crippen LogP contribution in [-0.4, -0.2) is 110 Å². The van der Waals surface area contributed by atoms with Crippen LogP contribution in [0.5, 0.6) is 0 Å². The maximum Gasteiger partial charge on any atom is 0.319 e. The number of halogens is 1. The molecule has 9 nitrogen and oxygen atoms in total. The monoisotopic (exact) mass is 621 g/mol. The first-order valence-electron chi connectivity index (χ1n) is 16.5. The van der Waals surface area contributed by atoms with Gasteiger partial charge < -0.3 is 25.2 Å². The van der Waals surface area contributed by atoms with Gasteiger partial charge in [0.05, 0.1) is 13.2 Å². The Kier molecular flexibility index (Phi) is 11.7. The van der Waals surface area contributed by atoms with Gasteiger partial charge in [-0.3, -0.25) is 14.5 Å². The Morgan fingerprint density at radius 3 is 2.22 bits per heavy atom. The Morgan fingerprint density at radius 2 is 1.53 bits per heavy atom. The van der Waals surface area contributed by atoms with Crippen LogP contribution in [0.25, 0.3) is 0 Å². The fraction of sp³-hybridized carbons (Fsp3) is 0.571. The second-order valence-electron chi connectivity index (χ2n) is 13.0. The molecule has 45 heavy (non-hydrogen) atoms. The molecular formula is C35H48FN5O4. The number of rotatable bonds is 11. The molecule has 2 amide bonds. The summed E-state index contributed by atoms with van der Waals surface area (Å²) < 4.78 is 19.0. The summed E-state index contributed by atoms with van der Waals surface area (Å²) in [6.07, 6.45) is 4.08. The Hall–Kier alpha value is -3.18. The number of benzene rings is 2. The van der Waals surface area contributed by atoms with E-state index < -0.39 is 0 Å². The van der Waals surface area contributed by atoms with E-state index in [2.05, 4.69) is 25.3 Å². The van der Waals surface area contributed by atoms with Gasteiger partial charge in [-0.2, -0.15) is 0 Å². The second-order valence-corrected chi connectivity index (χ2v) is 13.0. The zero-order chi connectivity index (χ0) is 31.8. The number of hydrogen-bond donors (Lipinski definition) is 2. The molecule has 3 atom stereocenters. The predicted molar refractivity (Wildman–Crippen MR) is 173 cm³/mol. The predicted octanol–water partition coefficient (Wildman–Crippen LogP) is 4.33. The fourth-order valence-corrected chi connectivity index (χ4v) is 7.00. The van der Waals surface area contributed by atoms with Gasteiger partial charge in [-0.25, -0.2) is 9.18 Å². The first kappa shape index (κ1) is 33.2. The first-order valence-corrected chi connectivity index (χ1v) is 16.5. The molecule has 2 aromatic rings. The lowest BCUT2D eigenvalue weighted by atomic mass is 9.88. The number of ketones is 2. The van der Waals surface area contributed by atoms with Crippen molar-refractivity contribution >= 4 is 23.3 Å². The molecule has 0 spiro atoms. The van der Waals surface area contributed by atoms with Gasteiger partial charge in [0.2, 0.25) is 0 Å². The Balaban J connectivity index is 1.23. The van der Waals surface area contributed by atoms with Crippen LogP contribution in [0, 0.1) is 17.7 Å². The van der Waals surface area contributed by atoms with Crippen molar-refractivity contribution in [1.82, 2.24) is 20.0 Å². The van der Waals surface area contributed by atoms with Crippen molar-refractivity contribution in [2.75, 3.05) is 77.4 Å². The van der Waals surface area contributed by atoms with E-state index in [1.54, 1.807) is 30.3 Å². The number of urea groups is 1. The van der Waals surface area contributed by atoms with Crippen LogP contribution >= 0.6 is 0 Å². The van der Waals surface area contributed by atoms with Crippen LogP contribution in [0.2, 0.25) is 0 Å². The molecule has 5 rings (SSSR count). The third-order valence-electron chi connectivity index (χ3n) is 9.51. The van der Waals surface area contributed by atoms with E-state index >= 15 is 0 Å². The van der Waals surface area contributed by atoms with Crippen molar-refractivity contribution < 1.29 is 23.5 Å². The molecule has 3 aliphatic rings. The van der Waals surface area contributed by atoms with Crippen molar-refractivity contribution in [3.05, 3.63) is 65.0 Å². The van der Waals surface area contributed by atoms with Crippen molar-refractivity contribution in [1.29, 1.82) is 0 Å². The van der Waals surface area contributed by atoms with Gasteiger partial charge in [-0.15, -0.1) is 0 Å². The quantitative estimate of drug-likeness (QED) is 0.361. The van der Waals surface area contributed by atoms with Crippen LogP contribution in [0.15, 0.2) is 42.5 Å². The molecule has 3 heterocycles. The molecule has 2 N–H and O–H groups in total. The summed E-state index contributed by atoms with van der Waals surface area (Å²) in [6.45, 7) is 13.2. The van der Waals surface area contributed by atoms with Crippen LogP contribution < -0.4 is 10.6 Å². The molecule has 3 aliphatic heterocycles. The van der Waals surface area contributed by atoms with E-state index in [0.717, 1.165) is 97.8 Å². The minimum atomic E-state index is -0.324. The summed E-state index contributed by atoms with van der Waals surface area (Å²) in [7, 11) is 0. The van der Waals surface area contributed by atoms with Crippen LogP contribution in [0.1, 0.15) is 59.4 Å². The summed E-state index contributed by atoms with van der Waals surface area (Å²) >= 11 is 0. The summed E-state index contributed by atoms with van der Waals surface area (Å²) in [4.78, 5) is 45.0. The van der Waals surface area contributed by atoms with Crippen molar-refractivity contribution in [2.45, 2.75) is 45.6 Å². The molecule has 0 aliphatic carbocycles. The highest BCUT2D eigenvalue weighted by atomic mass is 19.1. The zero-order valence-electron chi connectivity index (χ0n) is 26.7. The largest absolute Gasteiger partial charge is 0.379 e. The molecule has 0 radical (unpaired) electrons. The summed E-state index contributed by atoms with van der Waals surface area (Å²) in [6, 6.07) is 11.4. The highest BCUT2D eigenvalue weighted by molar-refractivity contribution is 6.02. The van der Waals surface area contributed by atoms with Gasteiger partial charge in [0.15, 0.2) is 11.6 Å². The molecule has 244 valence electrons. The second kappa shape index (κ2) is 15.9. The summed E-state index contributed by atoms with van der Waals surface area (Å²) in [5.41, 5.74) is 2.40. The molecule has 0 aromatic heterocycles. The number of carbonyl (C=O) groups is 3. The molecule has 10 heteroatoms. The lowest BCUT2D eigenvalue weighted by Gasteiger charge is -2.43. The highest BCUT2D eigenvalue weighted by Gasteiger charge is 2.33. The average molecular weight is 622 g/mol. The van der Waals surface area contributed by atoms with Crippen molar-refractivity contribution in [3.8, 4) is 0 Å². The molecule has 1 unspecified atom stereocenters. The van der Waals surface area contributed by atoms with Gasteiger partial charge in [0.25, 0.3) is 0 Å². The lowest BCUT2D eigenvalue weighted by Crippen LogP contribution is -2.56. The minimum Gasteiger partial charge on any atom is -0.379 e. The SMILES string of the molecule is CC(=O)c1cc(NC(=O)N[C@@H]2CCN(CCN3CCOCC3)C[C@H]2CN2CCCC(Cc3ccc(F)cc3)C2)cc(C(C)=O)c1. The number of likely N-dealkylation sites (tertiary alicyclic amines) is 2. The molecule has 2 aromatic carbocycles. The third kappa shape index (κ3) is 9.90. The average Bonchev–Trinajstić information content (AvgIpc) is 3.02. The number of carbonyl (C=O) groups excluding carboxylic acids is 3. The highest BCUT2D eigenvalue weighted by Crippen LogP contribution is 2.25. The maximum absolute atomic E-state index is 13.4. The van der Waals surface area contributed by atoms with Crippen molar-refractivity contribution in [3.63, 3.8) is 0 Å². The number of piperidine rings is 2. The summed E-state index contributed by atoms with van der Waals surface area (Å²) in [5, 5.41) is 6.15. The number of amides is 2. The zero-order valence-corrected chi connectivity index (χ0v) is 26.7. The normalized spacial score (nSPS) is 23.4. The molecule has 3 fully saturated rings. The molecular weight excluding hydrogens is 573 g/mol. The molecule has 0 saturated carbocycles. The number of nitrogens with zero attached hydrogens (tertiary/aromatic N) is 3. The van der Waals surface area contributed by atoms with E-state index in [1.165, 1.54) is 19.4 Å². The van der Waals surface area contributed by atoms with Crippen molar-refractivity contribution in [2.24, 2.45) is 11.8 Å². The number of hydrogen-bond acceptors (Lipinski definition) is 7. The van der Waals surface area contributed by atoms with Crippen LogP contribution in [0.3, 0.4) is 0 Å². The van der Waals surface area contributed by atoms with Gasteiger partial charge in [0, 0.05) is 81.1 Å². The van der Waals surface area contributed by atoms with Crippen LogP contribution in [0.4, 0.5) is 14.9 Å². The van der Waals surface area contributed by atoms with Gasteiger partial charge in [-0.05, 0) is 87.9 Å². The van der Waals surface area contributed by atoms with E-state index in [4.69, 9.17) is 4.74 Å². The van der Waals surface area contributed by atoms with E-state index in [9.17, 15) is 18.8 Å². The number of nitrogens with one attached hydrogen (secondary N) is 2. The minimum absolute atomic E-state index is 0.00891. The number of anilines is 1.